The van der Waals surface area contributed by atoms with Crippen LogP contribution in [0.2, 0.25) is 0 Å². The van der Waals surface area contributed by atoms with Gasteiger partial charge >= 0.3 is 6.18 Å². The molecule has 28 heavy (non-hydrogen) atoms. The zero-order chi connectivity index (χ0) is 21.1. The van der Waals surface area contributed by atoms with E-state index in [1.165, 1.54) is 6.07 Å². The number of alkyl halides is 3. The lowest BCUT2D eigenvalue weighted by Gasteiger charge is -2.34. The molecule has 1 aromatic carbocycles. The summed E-state index contributed by atoms with van der Waals surface area (Å²) < 4.78 is 55.6. The van der Waals surface area contributed by atoms with E-state index in [2.05, 4.69) is 14.9 Å². The molecule has 0 aromatic heterocycles. The van der Waals surface area contributed by atoms with Gasteiger partial charge in [-0.1, -0.05) is 13.8 Å². The Hall–Kier alpha value is -1.12. The van der Waals surface area contributed by atoms with Crippen molar-refractivity contribution in [3.8, 4) is 0 Å². The van der Waals surface area contributed by atoms with Crippen LogP contribution >= 0.6 is 0 Å². The van der Waals surface area contributed by atoms with Crippen molar-refractivity contribution < 1.29 is 17.4 Å². The third-order valence-electron chi connectivity index (χ3n) is 4.70. The number of anilines is 1. The summed E-state index contributed by atoms with van der Waals surface area (Å²) >= 11 is 0. The van der Waals surface area contributed by atoms with Gasteiger partial charge in [0.15, 0.2) is 0 Å². The Labute approximate surface area is 168 Å². The topological polar surface area (TPSA) is 44.4 Å². The molecular formula is C20H32F3N3OS. The molecular weight excluding hydrogens is 387 g/mol. The number of nitrogens with zero attached hydrogens (tertiary/aromatic N) is 1. The minimum absolute atomic E-state index is 0.236. The standard InChI is InChI=1S/C20H32F3N3OS/c1-14(2)12-17(25-28(27)19(3,4)5)16-13-15(20(21,22)23)6-7-18(16)26-10-8-24-9-11-26/h6-7,13-14,17,24-25H,8-12H2,1-5H3. The molecule has 1 aliphatic rings. The van der Waals surface area contributed by atoms with Gasteiger partial charge in [-0.15, -0.1) is 0 Å². The van der Waals surface area contributed by atoms with E-state index < -0.39 is 33.5 Å². The first kappa shape index (κ1) is 23.2. The van der Waals surface area contributed by atoms with E-state index in [0.29, 0.717) is 12.0 Å². The minimum atomic E-state index is -4.41. The van der Waals surface area contributed by atoms with Gasteiger partial charge in [-0.05, 0) is 56.9 Å². The fraction of sp³-hybridized carbons (Fsp3) is 0.700. The number of benzene rings is 1. The second kappa shape index (κ2) is 9.13. The highest BCUT2D eigenvalue weighted by molar-refractivity contribution is 7.84. The van der Waals surface area contributed by atoms with Crippen LogP contribution in [0.25, 0.3) is 0 Å². The average molecular weight is 420 g/mol. The van der Waals surface area contributed by atoms with Crippen molar-refractivity contribution in [2.24, 2.45) is 5.92 Å². The summed E-state index contributed by atoms with van der Waals surface area (Å²) in [6.07, 6.45) is -3.81. The van der Waals surface area contributed by atoms with Gasteiger partial charge < -0.3 is 10.2 Å². The predicted octanol–water partition coefficient (Wildman–Crippen LogP) is 4.25. The zero-order valence-electron chi connectivity index (χ0n) is 17.3. The van der Waals surface area contributed by atoms with Gasteiger partial charge in [-0.25, -0.2) is 8.93 Å². The Kier molecular flexibility index (Phi) is 7.56. The maximum Gasteiger partial charge on any atom is 0.416 e. The van der Waals surface area contributed by atoms with Crippen molar-refractivity contribution in [3.05, 3.63) is 29.3 Å². The molecule has 1 aromatic rings. The summed E-state index contributed by atoms with van der Waals surface area (Å²) in [5.74, 6) is 0.236. The van der Waals surface area contributed by atoms with Crippen LogP contribution < -0.4 is 14.9 Å². The molecule has 8 heteroatoms. The molecule has 2 atom stereocenters. The van der Waals surface area contributed by atoms with Crippen LogP contribution in [0.1, 0.15) is 58.2 Å². The minimum Gasteiger partial charge on any atom is -0.369 e. The molecule has 2 rings (SSSR count). The van der Waals surface area contributed by atoms with Crippen LogP contribution in [-0.2, 0) is 17.2 Å². The van der Waals surface area contributed by atoms with Crippen LogP contribution in [0.15, 0.2) is 18.2 Å². The molecule has 2 N–H and O–H groups in total. The van der Waals surface area contributed by atoms with Crippen LogP contribution in [-0.4, -0.2) is 35.1 Å². The lowest BCUT2D eigenvalue weighted by Crippen LogP contribution is -2.44. The molecule has 0 spiro atoms. The van der Waals surface area contributed by atoms with Crippen molar-refractivity contribution in [2.45, 2.75) is 58.0 Å². The summed E-state index contributed by atoms with van der Waals surface area (Å²) in [6.45, 7) is 12.6. The Morgan fingerprint density at radius 1 is 1.18 bits per heavy atom. The van der Waals surface area contributed by atoms with Gasteiger partial charge in [0.1, 0.15) is 0 Å². The van der Waals surface area contributed by atoms with E-state index in [1.54, 1.807) is 6.07 Å². The highest BCUT2D eigenvalue weighted by atomic mass is 32.2. The fourth-order valence-electron chi connectivity index (χ4n) is 3.22. The number of hydrogen-bond acceptors (Lipinski definition) is 3. The Balaban J connectivity index is 2.51. The molecule has 1 fully saturated rings. The Morgan fingerprint density at radius 2 is 1.79 bits per heavy atom. The van der Waals surface area contributed by atoms with Gasteiger partial charge in [0, 0.05) is 37.9 Å². The van der Waals surface area contributed by atoms with E-state index in [0.717, 1.165) is 37.9 Å². The molecule has 2 unspecified atom stereocenters. The van der Waals surface area contributed by atoms with Gasteiger partial charge in [0.2, 0.25) is 0 Å². The van der Waals surface area contributed by atoms with Crippen molar-refractivity contribution in [1.29, 1.82) is 0 Å². The summed E-state index contributed by atoms with van der Waals surface area (Å²) in [5.41, 5.74) is 0.695. The van der Waals surface area contributed by atoms with Crippen molar-refractivity contribution in [3.63, 3.8) is 0 Å². The van der Waals surface area contributed by atoms with Gasteiger partial charge in [-0.2, -0.15) is 13.2 Å². The first-order chi connectivity index (χ1) is 12.9. The van der Waals surface area contributed by atoms with Crippen LogP contribution in [0.3, 0.4) is 0 Å². The van der Waals surface area contributed by atoms with E-state index in [4.69, 9.17) is 0 Å². The molecule has 1 saturated heterocycles. The normalized spacial score (nSPS) is 18.4. The molecule has 1 heterocycles. The molecule has 4 nitrogen and oxygen atoms in total. The molecule has 0 saturated carbocycles. The molecule has 160 valence electrons. The summed E-state index contributed by atoms with van der Waals surface area (Å²) in [5, 5.41) is 3.27. The molecule has 0 amide bonds. The van der Waals surface area contributed by atoms with E-state index >= 15 is 0 Å². The van der Waals surface area contributed by atoms with E-state index in [1.807, 2.05) is 34.6 Å². The third-order valence-corrected chi connectivity index (χ3v) is 6.31. The quantitative estimate of drug-likeness (QED) is 0.724. The van der Waals surface area contributed by atoms with Gasteiger partial charge in [-0.3, -0.25) is 0 Å². The first-order valence-electron chi connectivity index (χ1n) is 9.74. The molecule has 0 aliphatic carbocycles. The van der Waals surface area contributed by atoms with Crippen molar-refractivity contribution in [2.75, 3.05) is 31.1 Å². The number of nitrogens with one attached hydrogen (secondary N) is 2. The van der Waals surface area contributed by atoms with Gasteiger partial charge in [0.05, 0.1) is 21.3 Å². The number of rotatable bonds is 6. The lowest BCUT2D eigenvalue weighted by molar-refractivity contribution is -0.137. The predicted molar refractivity (Wildman–Crippen MR) is 110 cm³/mol. The average Bonchev–Trinajstić information content (AvgIpc) is 2.59. The number of hydrogen-bond donors (Lipinski definition) is 2. The van der Waals surface area contributed by atoms with Crippen LogP contribution in [0.4, 0.5) is 18.9 Å². The van der Waals surface area contributed by atoms with E-state index in [-0.39, 0.29) is 5.92 Å². The van der Waals surface area contributed by atoms with Crippen molar-refractivity contribution >= 4 is 16.7 Å². The lowest BCUT2D eigenvalue weighted by atomic mass is 9.94. The van der Waals surface area contributed by atoms with Crippen LogP contribution in [0, 0.1) is 5.92 Å². The Morgan fingerprint density at radius 3 is 2.29 bits per heavy atom. The monoisotopic (exact) mass is 419 g/mol. The summed E-state index contributed by atoms with van der Waals surface area (Å²) in [7, 11) is -1.39. The maximum atomic E-state index is 13.4. The highest BCUT2D eigenvalue weighted by Gasteiger charge is 2.33. The molecule has 0 bridgehead atoms. The second-order valence-corrected chi connectivity index (χ2v) is 10.7. The fourth-order valence-corrected chi connectivity index (χ4v) is 4.05. The zero-order valence-corrected chi connectivity index (χ0v) is 18.1. The first-order valence-corrected chi connectivity index (χ1v) is 10.9. The van der Waals surface area contributed by atoms with Crippen LogP contribution in [0.5, 0.6) is 0 Å². The van der Waals surface area contributed by atoms with E-state index in [9.17, 15) is 17.4 Å². The highest BCUT2D eigenvalue weighted by Crippen LogP contribution is 2.37. The largest absolute Gasteiger partial charge is 0.416 e. The SMILES string of the molecule is CC(C)CC(NS(=O)C(C)(C)C)c1cc(C(F)(F)F)ccc1N1CCNCC1. The molecule has 0 radical (unpaired) electrons. The maximum absolute atomic E-state index is 13.4. The number of piperazine rings is 1. The smallest absolute Gasteiger partial charge is 0.369 e. The number of halogens is 3. The third kappa shape index (κ3) is 6.19. The Bertz CT molecular complexity index is 680. The molecule has 1 aliphatic heterocycles. The second-order valence-electron chi connectivity index (χ2n) is 8.69. The van der Waals surface area contributed by atoms with Gasteiger partial charge in [0.25, 0.3) is 0 Å². The summed E-state index contributed by atoms with van der Waals surface area (Å²) in [6, 6.07) is 3.52. The van der Waals surface area contributed by atoms with Crippen molar-refractivity contribution in [1.82, 2.24) is 10.0 Å². The summed E-state index contributed by atoms with van der Waals surface area (Å²) in [4.78, 5) is 2.11.